The molecule has 23 heavy (non-hydrogen) atoms. The molecule has 0 spiro atoms. The van der Waals surface area contributed by atoms with Crippen LogP contribution in [-0.4, -0.2) is 38.8 Å². The molecule has 1 heterocycles. The lowest BCUT2D eigenvalue weighted by molar-refractivity contribution is 0.289. The molecule has 1 aliphatic rings. The Balaban J connectivity index is 1.74. The zero-order valence-corrected chi connectivity index (χ0v) is 14.3. The predicted octanol–water partition coefficient (Wildman–Crippen LogP) is 4.28. The van der Waals surface area contributed by atoms with Crippen molar-refractivity contribution in [3.05, 3.63) is 35.9 Å². The van der Waals surface area contributed by atoms with Gasteiger partial charge >= 0.3 is 0 Å². The maximum absolute atomic E-state index is 5.42. The van der Waals surface area contributed by atoms with Crippen LogP contribution in [0.15, 0.2) is 30.3 Å². The van der Waals surface area contributed by atoms with Gasteiger partial charge in [-0.1, -0.05) is 31.0 Å². The molecular formula is C20H27NO2. The van der Waals surface area contributed by atoms with Crippen molar-refractivity contribution >= 4 is 10.8 Å². The smallest absolute Gasteiger partial charge is 0.161 e. The molecule has 0 N–H and O–H groups in total. The Morgan fingerprint density at radius 1 is 0.826 bits per heavy atom. The fourth-order valence-electron chi connectivity index (χ4n) is 3.43. The number of methoxy groups -OCH3 is 2. The summed E-state index contributed by atoms with van der Waals surface area (Å²) in [5.74, 6) is 1.59. The van der Waals surface area contributed by atoms with Crippen LogP contribution < -0.4 is 9.47 Å². The second-order valence-corrected chi connectivity index (χ2v) is 6.39. The summed E-state index contributed by atoms with van der Waals surface area (Å²) in [6, 6.07) is 10.8. The SMILES string of the molecule is COc1cc2ccc(CCN3CCCCCC3)cc2cc1OC. The van der Waals surface area contributed by atoms with Gasteiger partial charge in [0.05, 0.1) is 14.2 Å². The van der Waals surface area contributed by atoms with Crippen LogP contribution in [0.25, 0.3) is 10.8 Å². The van der Waals surface area contributed by atoms with Crippen molar-refractivity contribution in [3.63, 3.8) is 0 Å². The number of hydrogen-bond donors (Lipinski definition) is 0. The molecule has 2 aromatic carbocycles. The third-order valence-electron chi connectivity index (χ3n) is 4.82. The molecule has 0 unspecified atom stereocenters. The average Bonchev–Trinajstić information content (AvgIpc) is 2.87. The summed E-state index contributed by atoms with van der Waals surface area (Å²) < 4.78 is 10.8. The minimum Gasteiger partial charge on any atom is -0.493 e. The molecule has 2 aromatic rings. The maximum Gasteiger partial charge on any atom is 0.161 e. The number of fused-ring (bicyclic) bond motifs is 1. The van der Waals surface area contributed by atoms with Gasteiger partial charge in [-0.2, -0.15) is 0 Å². The lowest BCUT2D eigenvalue weighted by Crippen LogP contribution is -2.26. The predicted molar refractivity (Wildman–Crippen MR) is 95.7 cm³/mol. The van der Waals surface area contributed by atoms with E-state index in [0.717, 1.165) is 17.9 Å². The van der Waals surface area contributed by atoms with Gasteiger partial charge in [-0.3, -0.25) is 0 Å². The molecule has 3 nitrogen and oxygen atoms in total. The highest BCUT2D eigenvalue weighted by Crippen LogP contribution is 2.32. The summed E-state index contributed by atoms with van der Waals surface area (Å²) in [4.78, 5) is 2.62. The summed E-state index contributed by atoms with van der Waals surface area (Å²) in [7, 11) is 3.37. The molecule has 124 valence electrons. The van der Waals surface area contributed by atoms with Gasteiger partial charge in [0.2, 0.25) is 0 Å². The van der Waals surface area contributed by atoms with Gasteiger partial charge < -0.3 is 14.4 Å². The van der Waals surface area contributed by atoms with Crippen LogP contribution in [0.3, 0.4) is 0 Å². The van der Waals surface area contributed by atoms with Crippen molar-refractivity contribution in [1.29, 1.82) is 0 Å². The normalized spacial score (nSPS) is 16.3. The molecule has 3 heteroatoms. The molecule has 1 aliphatic heterocycles. The van der Waals surface area contributed by atoms with Crippen LogP contribution in [-0.2, 0) is 6.42 Å². The van der Waals surface area contributed by atoms with E-state index in [1.807, 2.05) is 6.07 Å². The molecule has 0 aliphatic carbocycles. The van der Waals surface area contributed by atoms with E-state index in [0.29, 0.717) is 0 Å². The largest absolute Gasteiger partial charge is 0.493 e. The van der Waals surface area contributed by atoms with Gasteiger partial charge in [-0.15, -0.1) is 0 Å². The van der Waals surface area contributed by atoms with E-state index in [1.54, 1.807) is 14.2 Å². The molecule has 0 amide bonds. The number of nitrogens with zero attached hydrogens (tertiary/aromatic N) is 1. The fraction of sp³-hybridized carbons (Fsp3) is 0.500. The summed E-state index contributed by atoms with van der Waals surface area (Å²) >= 11 is 0. The van der Waals surface area contributed by atoms with Crippen LogP contribution in [0.2, 0.25) is 0 Å². The number of likely N-dealkylation sites (tertiary alicyclic amines) is 1. The third kappa shape index (κ3) is 3.97. The van der Waals surface area contributed by atoms with Crippen molar-refractivity contribution in [1.82, 2.24) is 4.90 Å². The Kier molecular flexibility index (Phi) is 5.39. The Bertz CT molecular complexity index is 645. The topological polar surface area (TPSA) is 21.7 Å². The highest BCUT2D eigenvalue weighted by atomic mass is 16.5. The van der Waals surface area contributed by atoms with E-state index in [1.165, 1.54) is 61.7 Å². The standard InChI is InChI=1S/C20H27NO2/c1-22-19-14-17-8-7-16(13-18(17)15-20(19)23-2)9-12-21-10-5-3-4-6-11-21/h7-8,13-15H,3-6,9-12H2,1-2H3. The Labute approximate surface area is 139 Å². The third-order valence-corrected chi connectivity index (χ3v) is 4.82. The molecular weight excluding hydrogens is 286 g/mol. The van der Waals surface area contributed by atoms with Crippen molar-refractivity contribution in [2.45, 2.75) is 32.1 Å². The minimum atomic E-state index is 0.789. The molecule has 0 saturated carbocycles. The van der Waals surface area contributed by atoms with E-state index < -0.39 is 0 Å². The summed E-state index contributed by atoms with van der Waals surface area (Å²) in [5, 5.41) is 2.41. The highest BCUT2D eigenvalue weighted by Gasteiger charge is 2.10. The van der Waals surface area contributed by atoms with Gasteiger partial charge in [-0.05, 0) is 60.8 Å². The Morgan fingerprint density at radius 3 is 2.13 bits per heavy atom. The Morgan fingerprint density at radius 2 is 1.48 bits per heavy atom. The Hall–Kier alpha value is -1.74. The van der Waals surface area contributed by atoms with Gasteiger partial charge in [0.25, 0.3) is 0 Å². The second kappa shape index (κ2) is 7.69. The van der Waals surface area contributed by atoms with E-state index in [2.05, 4.69) is 29.2 Å². The first-order valence-electron chi connectivity index (χ1n) is 8.67. The van der Waals surface area contributed by atoms with Gasteiger partial charge in [0, 0.05) is 6.54 Å². The van der Waals surface area contributed by atoms with E-state index in [4.69, 9.17) is 9.47 Å². The average molecular weight is 313 g/mol. The molecule has 0 radical (unpaired) electrons. The molecule has 0 bridgehead atoms. The summed E-state index contributed by atoms with van der Waals surface area (Å²) in [5.41, 5.74) is 1.40. The first-order valence-corrected chi connectivity index (χ1v) is 8.67. The molecule has 1 fully saturated rings. The summed E-state index contributed by atoms with van der Waals surface area (Å²) in [6.07, 6.45) is 6.62. The first-order chi connectivity index (χ1) is 11.3. The van der Waals surface area contributed by atoms with E-state index in [9.17, 15) is 0 Å². The van der Waals surface area contributed by atoms with Crippen LogP contribution in [0.1, 0.15) is 31.2 Å². The van der Waals surface area contributed by atoms with Gasteiger partial charge in [-0.25, -0.2) is 0 Å². The van der Waals surface area contributed by atoms with Crippen molar-refractivity contribution in [2.24, 2.45) is 0 Å². The lowest BCUT2D eigenvalue weighted by atomic mass is 10.0. The van der Waals surface area contributed by atoms with Crippen molar-refractivity contribution in [3.8, 4) is 11.5 Å². The molecule has 0 atom stereocenters. The van der Waals surface area contributed by atoms with Crippen molar-refractivity contribution < 1.29 is 9.47 Å². The van der Waals surface area contributed by atoms with Crippen LogP contribution in [0, 0.1) is 0 Å². The quantitative estimate of drug-likeness (QED) is 0.822. The number of benzene rings is 2. The number of ether oxygens (including phenoxy) is 2. The zero-order chi connectivity index (χ0) is 16.1. The van der Waals surface area contributed by atoms with Crippen LogP contribution in [0.4, 0.5) is 0 Å². The highest BCUT2D eigenvalue weighted by molar-refractivity contribution is 5.86. The molecule has 3 rings (SSSR count). The van der Waals surface area contributed by atoms with Crippen LogP contribution in [0.5, 0.6) is 11.5 Å². The van der Waals surface area contributed by atoms with Crippen molar-refractivity contribution in [2.75, 3.05) is 33.9 Å². The fourth-order valence-corrected chi connectivity index (χ4v) is 3.43. The van der Waals surface area contributed by atoms with Gasteiger partial charge in [0.15, 0.2) is 11.5 Å². The zero-order valence-electron chi connectivity index (χ0n) is 14.3. The number of hydrogen-bond acceptors (Lipinski definition) is 3. The van der Waals surface area contributed by atoms with Gasteiger partial charge in [0.1, 0.15) is 0 Å². The first kappa shape index (κ1) is 16.1. The molecule has 1 saturated heterocycles. The van der Waals surface area contributed by atoms with E-state index in [-0.39, 0.29) is 0 Å². The number of rotatable bonds is 5. The minimum absolute atomic E-state index is 0.789. The monoisotopic (exact) mass is 313 g/mol. The second-order valence-electron chi connectivity index (χ2n) is 6.39. The molecule has 0 aromatic heterocycles. The van der Waals surface area contributed by atoms with Crippen LogP contribution >= 0.6 is 0 Å². The maximum atomic E-state index is 5.42. The van der Waals surface area contributed by atoms with E-state index >= 15 is 0 Å². The lowest BCUT2D eigenvalue weighted by Gasteiger charge is -2.19. The summed E-state index contributed by atoms with van der Waals surface area (Å²) in [6.45, 7) is 3.69.